The number of nitrogens with one attached hydrogen (secondary N) is 1. The predicted octanol–water partition coefficient (Wildman–Crippen LogP) is 3.42. The Kier molecular flexibility index (Phi) is 6.31. The highest BCUT2D eigenvalue weighted by Gasteiger charge is 2.26. The molecule has 0 bridgehead atoms. The van der Waals surface area contributed by atoms with Crippen LogP contribution in [0, 0.1) is 5.92 Å². The topological polar surface area (TPSA) is 84.2 Å². The molecule has 1 atom stereocenters. The molecule has 0 radical (unpaired) electrons. The third-order valence-corrected chi connectivity index (χ3v) is 5.55. The highest BCUT2D eigenvalue weighted by Crippen LogP contribution is 2.21. The van der Waals surface area contributed by atoms with Crippen molar-refractivity contribution in [3.8, 4) is 11.4 Å². The zero-order valence-corrected chi connectivity index (χ0v) is 17.5. The monoisotopic (exact) mass is 455 g/mol. The molecule has 1 unspecified atom stereocenters. The van der Waals surface area contributed by atoms with Gasteiger partial charge in [0.25, 0.3) is 0 Å². The first-order valence-corrected chi connectivity index (χ1v) is 10.4. The van der Waals surface area contributed by atoms with Crippen LogP contribution in [0.25, 0.3) is 11.4 Å². The van der Waals surface area contributed by atoms with Crippen molar-refractivity contribution in [1.82, 2.24) is 25.3 Å². The normalized spacial score (nSPS) is 17.2. The smallest absolute Gasteiger partial charge is 0.241 e. The van der Waals surface area contributed by atoms with Crippen molar-refractivity contribution in [1.29, 1.82) is 0 Å². The molecule has 0 aliphatic carbocycles. The maximum absolute atomic E-state index is 12.6. The molecule has 150 valence electrons. The minimum absolute atomic E-state index is 0.0283. The van der Waals surface area contributed by atoms with Gasteiger partial charge in [-0.05, 0) is 61.3 Å². The third-order valence-electron chi connectivity index (χ3n) is 5.02. The van der Waals surface area contributed by atoms with Gasteiger partial charge in [-0.15, -0.1) is 0 Å². The second-order valence-electron chi connectivity index (χ2n) is 7.17. The van der Waals surface area contributed by atoms with E-state index in [1.54, 1.807) is 12.4 Å². The van der Waals surface area contributed by atoms with Gasteiger partial charge in [0, 0.05) is 35.5 Å². The number of carbonyl (C=O) groups excluding carboxylic acids is 1. The number of piperidine rings is 1. The van der Waals surface area contributed by atoms with Crippen LogP contribution in [0.15, 0.2) is 57.8 Å². The van der Waals surface area contributed by atoms with E-state index in [9.17, 15) is 4.79 Å². The number of benzene rings is 1. The number of likely N-dealkylation sites (tertiary alicyclic amines) is 1. The number of rotatable bonds is 6. The van der Waals surface area contributed by atoms with E-state index in [4.69, 9.17) is 4.52 Å². The lowest BCUT2D eigenvalue weighted by Gasteiger charge is -2.30. The standard InChI is InChI=1S/C21H22BrN5O2/c22-18-5-3-16(4-6-18)20-25-19(29-26-20)14-27-11-1-2-17(13-27)21(28)24-12-15-7-9-23-10-8-15/h3-10,17H,1-2,11-14H2,(H,24,28). The molecule has 0 saturated carbocycles. The van der Waals surface area contributed by atoms with Crippen molar-refractivity contribution in [3.63, 3.8) is 0 Å². The molecule has 2 aromatic heterocycles. The molecule has 8 heteroatoms. The molecule has 7 nitrogen and oxygen atoms in total. The Morgan fingerprint density at radius 3 is 2.79 bits per heavy atom. The Balaban J connectivity index is 1.32. The third kappa shape index (κ3) is 5.27. The van der Waals surface area contributed by atoms with E-state index in [0.29, 0.717) is 31.3 Å². The number of amides is 1. The quantitative estimate of drug-likeness (QED) is 0.612. The van der Waals surface area contributed by atoms with Crippen LogP contribution in [0.5, 0.6) is 0 Å². The van der Waals surface area contributed by atoms with E-state index >= 15 is 0 Å². The Hall–Kier alpha value is -2.58. The van der Waals surface area contributed by atoms with Gasteiger partial charge in [-0.25, -0.2) is 0 Å². The molecule has 3 heterocycles. The number of halogens is 1. The SMILES string of the molecule is O=C(NCc1ccncc1)C1CCCN(Cc2nc(-c3ccc(Br)cc3)no2)C1. The van der Waals surface area contributed by atoms with Gasteiger partial charge in [-0.3, -0.25) is 14.7 Å². The van der Waals surface area contributed by atoms with Gasteiger partial charge >= 0.3 is 0 Å². The summed E-state index contributed by atoms with van der Waals surface area (Å²) in [6.07, 6.45) is 5.33. The summed E-state index contributed by atoms with van der Waals surface area (Å²) >= 11 is 3.42. The van der Waals surface area contributed by atoms with Gasteiger partial charge in [0.15, 0.2) is 0 Å². The fraction of sp³-hybridized carbons (Fsp3) is 0.333. The minimum atomic E-state index is -0.0283. The largest absolute Gasteiger partial charge is 0.352 e. The molecule has 1 amide bonds. The molecule has 4 rings (SSSR count). The average Bonchev–Trinajstić information content (AvgIpc) is 3.22. The zero-order valence-electron chi connectivity index (χ0n) is 15.9. The van der Waals surface area contributed by atoms with Crippen molar-refractivity contribution in [3.05, 3.63) is 64.7 Å². The van der Waals surface area contributed by atoms with Crippen LogP contribution in [0.4, 0.5) is 0 Å². The number of pyridine rings is 1. The number of carbonyl (C=O) groups is 1. The van der Waals surface area contributed by atoms with E-state index in [0.717, 1.165) is 35.0 Å². The maximum atomic E-state index is 12.6. The summed E-state index contributed by atoms with van der Waals surface area (Å²) in [6.45, 7) is 2.69. The van der Waals surface area contributed by atoms with Crippen LogP contribution in [0.1, 0.15) is 24.3 Å². The van der Waals surface area contributed by atoms with E-state index in [1.807, 2.05) is 36.4 Å². The second-order valence-corrected chi connectivity index (χ2v) is 8.08. The molecule has 1 aliphatic rings. The lowest BCUT2D eigenvalue weighted by atomic mass is 9.97. The Morgan fingerprint density at radius 1 is 1.21 bits per heavy atom. The van der Waals surface area contributed by atoms with Gasteiger partial charge in [-0.2, -0.15) is 4.98 Å². The van der Waals surface area contributed by atoms with E-state index in [1.165, 1.54) is 0 Å². The van der Waals surface area contributed by atoms with E-state index in [2.05, 4.69) is 41.3 Å². The molecule has 1 N–H and O–H groups in total. The zero-order chi connectivity index (χ0) is 20.1. The molecule has 0 spiro atoms. The molecule has 1 saturated heterocycles. The Labute approximate surface area is 177 Å². The first-order chi connectivity index (χ1) is 14.2. The Morgan fingerprint density at radius 2 is 2.00 bits per heavy atom. The molecule has 1 fully saturated rings. The van der Waals surface area contributed by atoms with Crippen LogP contribution >= 0.6 is 15.9 Å². The summed E-state index contributed by atoms with van der Waals surface area (Å²) in [4.78, 5) is 23.3. The molecule has 29 heavy (non-hydrogen) atoms. The van der Waals surface area contributed by atoms with Crippen LogP contribution < -0.4 is 5.32 Å². The summed E-state index contributed by atoms with van der Waals surface area (Å²) in [6, 6.07) is 11.6. The number of aromatic nitrogens is 3. The Bertz CT molecular complexity index is 945. The fourth-order valence-corrected chi connectivity index (χ4v) is 3.74. The fourth-order valence-electron chi connectivity index (χ4n) is 3.47. The molecule has 1 aromatic carbocycles. The van der Waals surface area contributed by atoms with Gasteiger partial charge in [0.05, 0.1) is 12.5 Å². The minimum Gasteiger partial charge on any atom is -0.352 e. The van der Waals surface area contributed by atoms with Crippen molar-refractivity contribution in [2.75, 3.05) is 13.1 Å². The van der Waals surface area contributed by atoms with Crippen molar-refractivity contribution in [2.24, 2.45) is 5.92 Å². The summed E-state index contributed by atoms with van der Waals surface area (Å²) in [5.41, 5.74) is 1.96. The van der Waals surface area contributed by atoms with E-state index in [-0.39, 0.29) is 11.8 Å². The maximum Gasteiger partial charge on any atom is 0.241 e. The van der Waals surface area contributed by atoms with Crippen molar-refractivity contribution < 1.29 is 9.32 Å². The van der Waals surface area contributed by atoms with Crippen LogP contribution in [0.3, 0.4) is 0 Å². The van der Waals surface area contributed by atoms with Crippen molar-refractivity contribution >= 4 is 21.8 Å². The first-order valence-electron chi connectivity index (χ1n) is 9.65. The summed E-state index contributed by atoms with van der Waals surface area (Å²) in [5, 5.41) is 7.12. The van der Waals surface area contributed by atoms with Gasteiger partial charge in [0.1, 0.15) is 0 Å². The first kappa shape index (κ1) is 19.7. The highest BCUT2D eigenvalue weighted by atomic mass is 79.9. The average molecular weight is 456 g/mol. The predicted molar refractivity (Wildman–Crippen MR) is 112 cm³/mol. The number of nitrogens with zero attached hydrogens (tertiary/aromatic N) is 4. The van der Waals surface area contributed by atoms with E-state index < -0.39 is 0 Å². The van der Waals surface area contributed by atoms with Crippen LogP contribution in [-0.2, 0) is 17.9 Å². The summed E-state index contributed by atoms with van der Waals surface area (Å²) in [7, 11) is 0. The molecular weight excluding hydrogens is 434 g/mol. The lowest BCUT2D eigenvalue weighted by Crippen LogP contribution is -2.42. The van der Waals surface area contributed by atoms with Gasteiger partial charge < -0.3 is 9.84 Å². The molecule has 3 aromatic rings. The summed E-state index contributed by atoms with van der Waals surface area (Å²) < 4.78 is 6.44. The van der Waals surface area contributed by atoms with Crippen LogP contribution in [-0.4, -0.2) is 39.0 Å². The van der Waals surface area contributed by atoms with Crippen LogP contribution in [0.2, 0.25) is 0 Å². The van der Waals surface area contributed by atoms with Crippen molar-refractivity contribution in [2.45, 2.75) is 25.9 Å². The molecule has 1 aliphatic heterocycles. The number of hydrogen-bond acceptors (Lipinski definition) is 6. The van der Waals surface area contributed by atoms with Gasteiger partial charge in [0.2, 0.25) is 17.6 Å². The lowest BCUT2D eigenvalue weighted by molar-refractivity contribution is -0.127. The highest BCUT2D eigenvalue weighted by molar-refractivity contribution is 9.10. The molecular formula is C21H22BrN5O2. The van der Waals surface area contributed by atoms with Gasteiger partial charge in [-0.1, -0.05) is 21.1 Å². The summed E-state index contributed by atoms with van der Waals surface area (Å²) in [5.74, 6) is 1.21. The second kappa shape index (κ2) is 9.28. The number of hydrogen-bond donors (Lipinski definition) is 1.